The highest BCUT2D eigenvalue weighted by Gasteiger charge is 2.04. The molecule has 0 bridgehead atoms. The van der Waals surface area contributed by atoms with Gasteiger partial charge in [0.25, 0.3) is 0 Å². The van der Waals surface area contributed by atoms with Crippen molar-refractivity contribution < 1.29 is 39.2 Å². The van der Waals surface area contributed by atoms with Crippen LogP contribution in [0.3, 0.4) is 0 Å². The second kappa shape index (κ2) is 14.1. The lowest BCUT2D eigenvalue weighted by Crippen LogP contribution is -2.07. The number of carbonyl (C=O) groups is 3. The Bertz CT molecular complexity index is 368. The third-order valence-electron chi connectivity index (χ3n) is 1.60. The minimum absolute atomic E-state index is 0.0617. The molecule has 0 heterocycles. The van der Waals surface area contributed by atoms with E-state index in [4.69, 9.17) is 24.8 Å². The standard InChI is InChI=1S/C9H16O4.C4H4O4/c1-3-5-13-9(11)8(2)7-12-6-4-10;5-3(6)1-2-4(7)8/h7,10H,3-6H2,1-2H3;1-2H,(H,5,6)(H,7,8)/b;2-1-. The van der Waals surface area contributed by atoms with Gasteiger partial charge in [-0.05, 0) is 13.3 Å². The van der Waals surface area contributed by atoms with Crippen LogP contribution < -0.4 is 0 Å². The number of esters is 1. The number of rotatable bonds is 8. The molecular formula is C13H20O8. The second-order valence-electron chi connectivity index (χ2n) is 3.54. The highest BCUT2D eigenvalue weighted by molar-refractivity contribution is 5.89. The summed E-state index contributed by atoms with van der Waals surface area (Å²) in [6.45, 7) is 4.08. The zero-order valence-corrected chi connectivity index (χ0v) is 11.9. The van der Waals surface area contributed by atoms with Crippen LogP contribution in [-0.4, -0.2) is 53.0 Å². The number of hydrogen-bond acceptors (Lipinski definition) is 6. The summed E-state index contributed by atoms with van der Waals surface area (Å²) in [5, 5.41) is 24.0. The van der Waals surface area contributed by atoms with Gasteiger partial charge in [-0.3, -0.25) is 0 Å². The number of aliphatic hydroxyl groups is 1. The molecule has 0 amide bonds. The molecular weight excluding hydrogens is 284 g/mol. The minimum Gasteiger partial charge on any atom is -0.498 e. The minimum atomic E-state index is -1.26. The van der Waals surface area contributed by atoms with Crippen molar-refractivity contribution in [1.29, 1.82) is 0 Å². The van der Waals surface area contributed by atoms with Crippen molar-refractivity contribution in [1.82, 2.24) is 0 Å². The topological polar surface area (TPSA) is 130 Å². The average Bonchev–Trinajstić information content (AvgIpc) is 2.43. The van der Waals surface area contributed by atoms with Gasteiger partial charge in [0.15, 0.2) is 0 Å². The van der Waals surface area contributed by atoms with Crippen molar-refractivity contribution in [3.63, 3.8) is 0 Å². The Balaban J connectivity index is 0. The van der Waals surface area contributed by atoms with Crippen LogP contribution in [-0.2, 0) is 23.9 Å². The van der Waals surface area contributed by atoms with Gasteiger partial charge in [-0.15, -0.1) is 0 Å². The molecule has 3 N–H and O–H groups in total. The average molecular weight is 304 g/mol. The van der Waals surface area contributed by atoms with Gasteiger partial charge in [0.05, 0.1) is 25.0 Å². The monoisotopic (exact) mass is 304 g/mol. The van der Waals surface area contributed by atoms with Gasteiger partial charge >= 0.3 is 17.9 Å². The first kappa shape index (κ1) is 21.0. The van der Waals surface area contributed by atoms with Gasteiger partial charge in [0.1, 0.15) is 6.61 Å². The summed E-state index contributed by atoms with van der Waals surface area (Å²) < 4.78 is 9.67. The summed E-state index contributed by atoms with van der Waals surface area (Å²) in [5.74, 6) is -2.89. The Morgan fingerprint density at radius 2 is 1.57 bits per heavy atom. The van der Waals surface area contributed by atoms with Crippen LogP contribution in [0.2, 0.25) is 0 Å². The third kappa shape index (κ3) is 17.6. The van der Waals surface area contributed by atoms with Crippen LogP contribution in [0.15, 0.2) is 24.0 Å². The predicted octanol–water partition coefficient (Wildman–Crippen LogP) is 0.564. The Kier molecular flexibility index (Phi) is 14.0. The maximum atomic E-state index is 11.1. The molecule has 120 valence electrons. The third-order valence-corrected chi connectivity index (χ3v) is 1.60. The van der Waals surface area contributed by atoms with E-state index < -0.39 is 11.9 Å². The first-order chi connectivity index (χ1) is 9.84. The number of carboxylic acids is 2. The van der Waals surface area contributed by atoms with Crippen molar-refractivity contribution in [2.45, 2.75) is 20.3 Å². The van der Waals surface area contributed by atoms with Gasteiger partial charge in [-0.2, -0.15) is 0 Å². The van der Waals surface area contributed by atoms with Gasteiger partial charge in [-0.1, -0.05) is 6.92 Å². The van der Waals surface area contributed by atoms with E-state index >= 15 is 0 Å². The quantitative estimate of drug-likeness (QED) is 0.257. The fourth-order valence-electron chi connectivity index (χ4n) is 0.736. The summed E-state index contributed by atoms with van der Waals surface area (Å²) in [4.78, 5) is 30.2. The van der Waals surface area contributed by atoms with E-state index in [9.17, 15) is 14.4 Å². The van der Waals surface area contributed by atoms with Gasteiger partial charge < -0.3 is 24.8 Å². The lowest BCUT2D eigenvalue weighted by Gasteiger charge is -2.03. The number of hydrogen-bond donors (Lipinski definition) is 3. The molecule has 0 aliphatic carbocycles. The van der Waals surface area contributed by atoms with Gasteiger partial charge in [0, 0.05) is 12.2 Å². The highest BCUT2D eigenvalue weighted by Crippen LogP contribution is 1.97. The van der Waals surface area contributed by atoms with E-state index in [-0.39, 0.29) is 19.2 Å². The molecule has 0 aromatic heterocycles. The summed E-state index contributed by atoms with van der Waals surface area (Å²) >= 11 is 0. The van der Waals surface area contributed by atoms with Gasteiger partial charge in [0.2, 0.25) is 0 Å². The number of carbonyl (C=O) groups excluding carboxylic acids is 1. The first-order valence-electron chi connectivity index (χ1n) is 6.05. The number of ether oxygens (including phenoxy) is 2. The smallest absolute Gasteiger partial charge is 0.336 e. The molecule has 0 unspecified atom stereocenters. The Morgan fingerprint density at radius 3 is 1.95 bits per heavy atom. The largest absolute Gasteiger partial charge is 0.498 e. The van der Waals surface area contributed by atoms with E-state index in [2.05, 4.69) is 0 Å². The summed E-state index contributed by atoms with van der Waals surface area (Å²) in [7, 11) is 0. The summed E-state index contributed by atoms with van der Waals surface area (Å²) in [5.41, 5.74) is 0.405. The zero-order valence-electron chi connectivity index (χ0n) is 11.9. The molecule has 0 aliphatic rings. The van der Waals surface area contributed by atoms with Crippen LogP contribution >= 0.6 is 0 Å². The van der Waals surface area contributed by atoms with E-state index in [1.165, 1.54) is 6.26 Å². The van der Waals surface area contributed by atoms with E-state index in [0.717, 1.165) is 6.42 Å². The first-order valence-corrected chi connectivity index (χ1v) is 6.05. The van der Waals surface area contributed by atoms with Crippen LogP contribution in [0, 0.1) is 0 Å². The Hall–Kier alpha value is -2.35. The lowest BCUT2D eigenvalue weighted by molar-refractivity contribution is -0.139. The van der Waals surface area contributed by atoms with E-state index in [0.29, 0.717) is 24.3 Å². The highest BCUT2D eigenvalue weighted by atomic mass is 16.5. The van der Waals surface area contributed by atoms with Crippen LogP contribution in [0.1, 0.15) is 20.3 Å². The molecule has 8 heteroatoms. The molecule has 0 aliphatic heterocycles. The molecule has 0 aromatic rings. The normalized spacial score (nSPS) is 10.5. The SMILES string of the molecule is CCCOC(=O)C(C)=COCCO.O=C(O)/C=C\C(=O)O. The van der Waals surface area contributed by atoms with Gasteiger partial charge in [-0.25, -0.2) is 14.4 Å². The number of carboxylic acid groups (broad SMARTS) is 2. The van der Waals surface area contributed by atoms with Crippen LogP contribution in [0.25, 0.3) is 0 Å². The van der Waals surface area contributed by atoms with Crippen molar-refractivity contribution in [2.24, 2.45) is 0 Å². The fraction of sp³-hybridized carbons (Fsp3) is 0.462. The van der Waals surface area contributed by atoms with Crippen molar-refractivity contribution in [3.8, 4) is 0 Å². The maximum absolute atomic E-state index is 11.1. The van der Waals surface area contributed by atoms with Crippen molar-refractivity contribution in [3.05, 3.63) is 24.0 Å². The molecule has 0 saturated heterocycles. The Labute approximate surface area is 122 Å². The molecule has 0 rings (SSSR count). The molecule has 0 atom stereocenters. The zero-order chi connectivity index (χ0) is 16.7. The summed E-state index contributed by atoms with van der Waals surface area (Å²) in [6, 6.07) is 0. The predicted molar refractivity (Wildman–Crippen MR) is 72.5 cm³/mol. The molecule has 21 heavy (non-hydrogen) atoms. The molecule has 0 saturated carbocycles. The molecule has 0 aromatic carbocycles. The molecule has 0 fully saturated rings. The molecule has 8 nitrogen and oxygen atoms in total. The maximum Gasteiger partial charge on any atom is 0.336 e. The van der Waals surface area contributed by atoms with Crippen molar-refractivity contribution >= 4 is 17.9 Å². The number of aliphatic hydroxyl groups excluding tert-OH is 1. The molecule has 0 radical (unpaired) electrons. The Morgan fingerprint density at radius 1 is 1.05 bits per heavy atom. The lowest BCUT2D eigenvalue weighted by atomic mass is 10.3. The van der Waals surface area contributed by atoms with Crippen LogP contribution in [0.5, 0.6) is 0 Å². The fourth-order valence-corrected chi connectivity index (χ4v) is 0.736. The van der Waals surface area contributed by atoms with E-state index in [1.54, 1.807) is 6.92 Å². The second-order valence-corrected chi connectivity index (χ2v) is 3.54. The van der Waals surface area contributed by atoms with Crippen LogP contribution in [0.4, 0.5) is 0 Å². The van der Waals surface area contributed by atoms with E-state index in [1.807, 2.05) is 6.92 Å². The van der Waals surface area contributed by atoms with Crippen molar-refractivity contribution in [2.75, 3.05) is 19.8 Å². The molecule has 0 spiro atoms. The number of aliphatic carboxylic acids is 2. The summed E-state index contributed by atoms with van der Waals surface area (Å²) in [6.07, 6.45) is 3.22.